The van der Waals surface area contributed by atoms with E-state index in [1.807, 2.05) is 0 Å². The maximum atomic E-state index is 10.9. The maximum Gasteiger partial charge on any atom is 0.453 e. The molecule has 6 heteroatoms. The molecule has 0 fully saturated rings. The highest BCUT2D eigenvalue weighted by molar-refractivity contribution is 7.53. The lowest BCUT2D eigenvalue weighted by Crippen LogP contribution is -2.17. The average Bonchev–Trinajstić information content (AvgIpc) is 2.05. The molecule has 1 rings (SSSR count). The Balaban J connectivity index is 2.99. The van der Waals surface area contributed by atoms with Crippen LogP contribution in [0.4, 0.5) is 5.69 Å². The Hall–Kier alpha value is -0.870. The molecule has 0 aliphatic heterocycles. The Morgan fingerprint density at radius 2 is 1.85 bits per heavy atom. The molecule has 0 atom stereocenters. The van der Waals surface area contributed by atoms with Crippen LogP contribution < -0.4 is 4.83 Å². The molecule has 0 amide bonds. The molecular weight excluding hydrogens is 193 g/mol. The van der Waals surface area contributed by atoms with Crippen molar-refractivity contribution in [3.63, 3.8) is 0 Å². The number of anilines is 1. The van der Waals surface area contributed by atoms with Crippen LogP contribution in [-0.4, -0.2) is 16.9 Å². The lowest BCUT2D eigenvalue weighted by molar-refractivity contribution is 0.186. The van der Waals surface area contributed by atoms with Crippen molar-refractivity contribution in [2.75, 3.05) is 11.9 Å². The second kappa shape index (κ2) is 3.89. The first-order valence-corrected chi connectivity index (χ1v) is 5.07. The highest BCUT2D eigenvalue weighted by Crippen LogP contribution is 2.43. The van der Waals surface area contributed by atoms with Crippen molar-refractivity contribution in [2.24, 2.45) is 0 Å². The lowest BCUT2D eigenvalue weighted by Gasteiger charge is -2.21. The van der Waals surface area contributed by atoms with Gasteiger partial charge in [0, 0.05) is 0 Å². The molecule has 2 N–H and O–H groups in total. The van der Waals surface area contributed by atoms with Gasteiger partial charge in [-0.05, 0) is 12.1 Å². The SMILES string of the molecule is CON(c1ccccc1)P(=O)(O)O. The molecule has 72 valence electrons. The van der Waals surface area contributed by atoms with Gasteiger partial charge in [0.1, 0.15) is 0 Å². The van der Waals surface area contributed by atoms with Crippen LogP contribution in [0, 0.1) is 0 Å². The van der Waals surface area contributed by atoms with Gasteiger partial charge >= 0.3 is 7.75 Å². The standard InChI is InChI=1S/C7H10NO4P/c1-12-8(13(9,10)11)7-5-3-2-4-6-7/h2-6H,1H3,(H2,9,10,11). The normalized spacial score (nSPS) is 11.3. The Morgan fingerprint density at radius 1 is 1.31 bits per heavy atom. The number of nitrogens with zero attached hydrogens (tertiary/aromatic N) is 1. The minimum absolute atomic E-state index is 0.318. The van der Waals surface area contributed by atoms with E-state index in [1.165, 1.54) is 7.11 Å². The summed E-state index contributed by atoms with van der Waals surface area (Å²) in [5.41, 5.74) is 0.318. The number of para-hydroxylation sites is 1. The smallest absolute Gasteiger partial charge is 0.307 e. The number of hydrogen-bond acceptors (Lipinski definition) is 2. The summed E-state index contributed by atoms with van der Waals surface area (Å²) >= 11 is 0. The van der Waals surface area contributed by atoms with E-state index in [0.717, 1.165) is 0 Å². The third-order valence-electron chi connectivity index (χ3n) is 1.39. The average molecular weight is 203 g/mol. The zero-order chi connectivity index (χ0) is 9.90. The summed E-state index contributed by atoms with van der Waals surface area (Å²) < 4.78 is 10.9. The van der Waals surface area contributed by atoms with Crippen LogP contribution in [-0.2, 0) is 9.40 Å². The monoisotopic (exact) mass is 203 g/mol. The highest BCUT2D eigenvalue weighted by atomic mass is 31.2. The van der Waals surface area contributed by atoms with E-state index in [4.69, 9.17) is 9.79 Å². The van der Waals surface area contributed by atoms with Crippen molar-refractivity contribution < 1.29 is 19.2 Å². The first-order valence-electron chi connectivity index (χ1n) is 3.51. The van der Waals surface area contributed by atoms with E-state index in [1.54, 1.807) is 30.3 Å². The molecule has 0 bridgehead atoms. The second-order valence-corrected chi connectivity index (χ2v) is 3.69. The number of hydrogen-bond donors (Lipinski definition) is 2. The molecule has 0 saturated carbocycles. The van der Waals surface area contributed by atoms with Gasteiger partial charge in [0.2, 0.25) is 0 Å². The zero-order valence-corrected chi connectivity index (χ0v) is 7.89. The molecule has 0 radical (unpaired) electrons. The van der Waals surface area contributed by atoms with Gasteiger partial charge in [-0.1, -0.05) is 18.2 Å². The molecule has 0 spiro atoms. The lowest BCUT2D eigenvalue weighted by atomic mass is 10.3. The van der Waals surface area contributed by atoms with Gasteiger partial charge in [0.25, 0.3) is 0 Å². The summed E-state index contributed by atoms with van der Waals surface area (Å²) in [6.07, 6.45) is 0. The third-order valence-corrected chi connectivity index (χ3v) is 2.25. The Labute approximate surface area is 75.7 Å². The van der Waals surface area contributed by atoms with Crippen LogP contribution in [0.25, 0.3) is 0 Å². The fourth-order valence-corrected chi connectivity index (χ4v) is 1.56. The summed E-state index contributed by atoms with van der Waals surface area (Å²) in [7, 11) is -3.19. The van der Waals surface area contributed by atoms with Gasteiger partial charge in [-0.2, -0.15) is 4.83 Å². The molecule has 0 saturated heterocycles. The summed E-state index contributed by atoms with van der Waals surface area (Å²) in [6.45, 7) is 0. The van der Waals surface area contributed by atoms with Crippen molar-refractivity contribution in [3.8, 4) is 0 Å². The summed E-state index contributed by atoms with van der Waals surface area (Å²) in [4.78, 5) is 22.8. The molecule has 1 aromatic carbocycles. The van der Waals surface area contributed by atoms with Gasteiger partial charge in [-0.15, -0.1) is 0 Å². The van der Waals surface area contributed by atoms with E-state index < -0.39 is 7.75 Å². The molecule has 5 nitrogen and oxygen atoms in total. The van der Waals surface area contributed by atoms with Gasteiger partial charge in [0.05, 0.1) is 12.8 Å². The fourth-order valence-electron chi connectivity index (χ4n) is 0.918. The highest BCUT2D eigenvalue weighted by Gasteiger charge is 2.25. The molecule has 0 aromatic heterocycles. The molecule has 0 aliphatic carbocycles. The quantitative estimate of drug-likeness (QED) is 0.569. The van der Waals surface area contributed by atoms with Gasteiger partial charge < -0.3 is 9.79 Å². The molecule has 0 aliphatic rings. The topological polar surface area (TPSA) is 70.0 Å². The van der Waals surface area contributed by atoms with Crippen LogP contribution in [0.5, 0.6) is 0 Å². The van der Waals surface area contributed by atoms with Crippen molar-refractivity contribution >= 4 is 13.4 Å². The predicted molar refractivity (Wildman–Crippen MR) is 48.0 cm³/mol. The zero-order valence-electron chi connectivity index (χ0n) is 6.99. The molecule has 1 aromatic rings. The fraction of sp³-hybridized carbons (Fsp3) is 0.143. The number of rotatable bonds is 3. The Bertz CT molecular complexity index is 310. The van der Waals surface area contributed by atoms with Crippen LogP contribution in [0.3, 0.4) is 0 Å². The van der Waals surface area contributed by atoms with E-state index in [9.17, 15) is 4.57 Å². The van der Waals surface area contributed by atoms with Crippen molar-refractivity contribution in [1.82, 2.24) is 0 Å². The maximum absolute atomic E-state index is 10.9. The number of benzene rings is 1. The van der Waals surface area contributed by atoms with Crippen LogP contribution >= 0.6 is 7.75 Å². The second-order valence-electron chi connectivity index (χ2n) is 2.30. The van der Waals surface area contributed by atoms with E-state index in [0.29, 0.717) is 10.5 Å². The van der Waals surface area contributed by atoms with Crippen molar-refractivity contribution in [1.29, 1.82) is 0 Å². The summed E-state index contributed by atoms with van der Waals surface area (Å²) in [5, 5.41) is 0. The van der Waals surface area contributed by atoms with Crippen molar-refractivity contribution in [3.05, 3.63) is 30.3 Å². The molecule has 0 heterocycles. The Morgan fingerprint density at radius 3 is 2.23 bits per heavy atom. The van der Waals surface area contributed by atoms with Crippen LogP contribution in [0.15, 0.2) is 30.3 Å². The van der Waals surface area contributed by atoms with E-state index in [2.05, 4.69) is 4.84 Å². The molecule has 13 heavy (non-hydrogen) atoms. The molecular formula is C7H10NO4P. The van der Waals surface area contributed by atoms with Gasteiger partial charge in [-0.3, -0.25) is 4.84 Å². The largest absolute Gasteiger partial charge is 0.453 e. The third kappa shape index (κ3) is 2.54. The van der Waals surface area contributed by atoms with Crippen molar-refractivity contribution in [2.45, 2.75) is 0 Å². The van der Waals surface area contributed by atoms with E-state index in [-0.39, 0.29) is 0 Å². The minimum Gasteiger partial charge on any atom is -0.307 e. The summed E-state index contributed by atoms with van der Waals surface area (Å²) in [6, 6.07) is 8.16. The van der Waals surface area contributed by atoms with Gasteiger partial charge in [-0.25, -0.2) is 4.57 Å². The predicted octanol–water partition coefficient (Wildman–Crippen LogP) is 1.15. The minimum atomic E-state index is -4.39. The van der Waals surface area contributed by atoms with Crippen LogP contribution in [0.2, 0.25) is 0 Å². The summed E-state index contributed by atoms with van der Waals surface area (Å²) in [5.74, 6) is 0. The Kier molecular flexibility index (Phi) is 3.06. The van der Waals surface area contributed by atoms with E-state index >= 15 is 0 Å². The first kappa shape index (κ1) is 10.2. The first-order chi connectivity index (χ1) is 6.05. The molecule has 0 unspecified atom stereocenters. The van der Waals surface area contributed by atoms with Gasteiger partial charge in [0.15, 0.2) is 0 Å². The van der Waals surface area contributed by atoms with Crippen LogP contribution in [0.1, 0.15) is 0 Å².